The van der Waals surface area contributed by atoms with Crippen molar-refractivity contribution in [1.82, 2.24) is 10.2 Å². The Bertz CT molecular complexity index is 263. The van der Waals surface area contributed by atoms with Crippen LogP contribution in [-0.4, -0.2) is 60.9 Å². The summed E-state index contributed by atoms with van der Waals surface area (Å²) in [5.41, 5.74) is -0.877. The lowest BCUT2D eigenvalue weighted by Crippen LogP contribution is -2.51. The fraction of sp³-hybridized carbons (Fsp3) is 0.929. The molecule has 1 amide bonds. The first kappa shape index (κ1) is 16.4. The zero-order valence-electron chi connectivity index (χ0n) is 12.3. The summed E-state index contributed by atoms with van der Waals surface area (Å²) in [6.45, 7) is 7.92. The molecule has 5 nitrogen and oxygen atoms in total. The molecule has 0 spiro atoms. The second kappa shape index (κ2) is 8.51. The second-order valence-corrected chi connectivity index (χ2v) is 5.62. The van der Waals surface area contributed by atoms with E-state index in [0.29, 0.717) is 19.5 Å². The van der Waals surface area contributed by atoms with Gasteiger partial charge in [0.25, 0.3) is 0 Å². The highest BCUT2D eigenvalue weighted by atomic mass is 16.5. The minimum absolute atomic E-state index is 0.0377. The molecule has 112 valence electrons. The predicted molar refractivity (Wildman–Crippen MR) is 75.0 cm³/mol. The molecular weight excluding hydrogens is 244 g/mol. The molecule has 1 aliphatic heterocycles. The van der Waals surface area contributed by atoms with Crippen LogP contribution in [0.4, 0.5) is 0 Å². The molecular formula is C14H28N2O3. The molecule has 1 rings (SSSR count). The number of unbranched alkanes of at least 4 members (excludes halogenated alkanes) is 2. The van der Waals surface area contributed by atoms with Crippen LogP contribution in [0.3, 0.4) is 0 Å². The van der Waals surface area contributed by atoms with E-state index < -0.39 is 5.60 Å². The van der Waals surface area contributed by atoms with Crippen molar-refractivity contribution >= 4 is 5.91 Å². The average Bonchev–Trinajstić information content (AvgIpc) is 2.38. The number of carbonyl (C=O) groups is 1. The average molecular weight is 272 g/mol. The standard InChI is InChI=1S/C14H28N2O3/c1-3-4-5-6-13(17)15-11-14(2,18)12-16-7-9-19-10-8-16/h18H,3-12H2,1-2H3,(H,15,17). The SMILES string of the molecule is CCCCCC(=O)NCC(C)(O)CN1CCOCC1. The van der Waals surface area contributed by atoms with Crippen molar-refractivity contribution in [2.24, 2.45) is 0 Å². The molecule has 0 aliphatic carbocycles. The number of nitrogens with zero attached hydrogens (tertiary/aromatic N) is 1. The highest BCUT2D eigenvalue weighted by molar-refractivity contribution is 5.75. The highest BCUT2D eigenvalue weighted by Gasteiger charge is 2.25. The van der Waals surface area contributed by atoms with Crippen LogP contribution >= 0.6 is 0 Å². The van der Waals surface area contributed by atoms with E-state index >= 15 is 0 Å². The van der Waals surface area contributed by atoms with Crippen molar-refractivity contribution in [3.05, 3.63) is 0 Å². The molecule has 0 aromatic carbocycles. The molecule has 0 aromatic rings. The van der Waals surface area contributed by atoms with Crippen molar-refractivity contribution in [1.29, 1.82) is 0 Å². The topological polar surface area (TPSA) is 61.8 Å². The number of nitrogens with one attached hydrogen (secondary N) is 1. The molecule has 1 heterocycles. The van der Waals surface area contributed by atoms with Crippen molar-refractivity contribution in [3.63, 3.8) is 0 Å². The van der Waals surface area contributed by atoms with E-state index in [-0.39, 0.29) is 5.91 Å². The first-order valence-electron chi connectivity index (χ1n) is 7.33. The predicted octanol–water partition coefficient (Wildman–Crippen LogP) is 0.766. The molecule has 19 heavy (non-hydrogen) atoms. The van der Waals surface area contributed by atoms with Crippen molar-refractivity contribution < 1.29 is 14.6 Å². The molecule has 1 unspecified atom stereocenters. The molecule has 5 heteroatoms. The fourth-order valence-electron chi connectivity index (χ4n) is 2.21. The number of rotatable bonds is 8. The van der Waals surface area contributed by atoms with Crippen molar-refractivity contribution in [2.75, 3.05) is 39.4 Å². The van der Waals surface area contributed by atoms with Crippen LogP contribution in [0.1, 0.15) is 39.5 Å². The third kappa shape index (κ3) is 7.50. The Morgan fingerprint density at radius 3 is 2.68 bits per heavy atom. The van der Waals surface area contributed by atoms with Crippen LogP contribution in [-0.2, 0) is 9.53 Å². The Labute approximate surface area is 116 Å². The first-order chi connectivity index (χ1) is 9.03. The first-order valence-corrected chi connectivity index (χ1v) is 7.33. The summed E-state index contributed by atoms with van der Waals surface area (Å²) in [4.78, 5) is 13.8. The van der Waals surface area contributed by atoms with E-state index in [0.717, 1.165) is 45.6 Å². The Morgan fingerprint density at radius 2 is 2.05 bits per heavy atom. The van der Waals surface area contributed by atoms with Gasteiger partial charge in [-0.2, -0.15) is 0 Å². The number of hydrogen-bond donors (Lipinski definition) is 2. The lowest BCUT2D eigenvalue weighted by atomic mass is 10.1. The molecule has 0 bridgehead atoms. The number of β-amino-alcohol motifs (C(OH)–C–C–N with tert-alkyl or cyclic N) is 1. The van der Waals surface area contributed by atoms with Crippen LogP contribution in [0, 0.1) is 0 Å². The smallest absolute Gasteiger partial charge is 0.220 e. The summed E-state index contributed by atoms with van der Waals surface area (Å²) in [6.07, 6.45) is 3.68. The minimum Gasteiger partial charge on any atom is -0.387 e. The van der Waals surface area contributed by atoms with Crippen molar-refractivity contribution in [3.8, 4) is 0 Å². The number of ether oxygens (including phenoxy) is 1. The number of carbonyl (C=O) groups excluding carboxylic acids is 1. The molecule has 1 saturated heterocycles. The summed E-state index contributed by atoms with van der Waals surface area (Å²) >= 11 is 0. The van der Waals surface area contributed by atoms with Crippen LogP contribution in [0.5, 0.6) is 0 Å². The minimum atomic E-state index is -0.877. The molecule has 0 aromatic heterocycles. The zero-order valence-corrected chi connectivity index (χ0v) is 12.3. The Balaban J connectivity index is 2.19. The maximum absolute atomic E-state index is 11.6. The third-order valence-electron chi connectivity index (χ3n) is 3.34. The number of aliphatic hydroxyl groups is 1. The van der Waals surface area contributed by atoms with E-state index in [1.165, 1.54) is 0 Å². The summed E-state index contributed by atoms with van der Waals surface area (Å²) < 4.78 is 5.27. The van der Waals surface area contributed by atoms with E-state index in [4.69, 9.17) is 4.74 Å². The van der Waals surface area contributed by atoms with Crippen LogP contribution in [0.25, 0.3) is 0 Å². The van der Waals surface area contributed by atoms with Gasteiger partial charge in [0.05, 0.1) is 18.8 Å². The van der Waals surface area contributed by atoms with E-state index in [9.17, 15) is 9.90 Å². The van der Waals surface area contributed by atoms with E-state index in [1.807, 2.05) is 0 Å². The Kier molecular flexibility index (Phi) is 7.34. The van der Waals surface area contributed by atoms with Gasteiger partial charge in [-0.05, 0) is 13.3 Å². The maximum atomic E-state index is 11.6. The Morgan fingerprint density at radius 1 is 1.37 bits per heavy atom. The number of hydrogen-bond acceptors (Lipinski definition) is 4. The van der Waals surface area contributed by atoms with E-state index in [2.05, 4.69) is 17.1 Å². The van der Waals surface area contributed by atoms with Crippen LogP contribution in [0.2, 0.25) is 0 Å². The largest absolute Gasteiger partial charge is 0.387 e. The van der Waals surface area contributed by atoms with Gasteiger partial charge in [-0.1, -0.05) is 19.8 Å². The summed E-state index contributed by atoms with van der Waals surface area (Å²) in [7, 11) is 0. The maximum Gasteiger partial charge on any atom is 0.220 e. The van der Waals surface area contributed by atoms with Gasteiger partial charge in [0.1, 0.15) is 0 Å². The van der Waals surface area contributed by atoms with Gasteiger partial charge >= 0.3 is 0 Å². The lowest BCUT2D eigenvalue weighted by Gasteiger charge is -2.33. The fourth-order valence-corrected chi connectivity index (χ4v) is 2.21. The normalized spacial score (nSPS) is 19.9. The monoisotopic (exact) mass is 272 g/mol. The van der Waals surface area contributed by atoms with Gasteiger partial charge in [-0.15, -0.1) is 0 Å². The van der Waals surface area contributed by atoms with Gasteiger partial charge in [-0.3, -0.25) is 9.69 Å². The third-order valence-corrected chi connectivity index (χ3v) is 3.34. The molecule has 1 fully saturated rings. The molecule has 1 atom stereocenters. The quantitative estimate of drug-likeness (QED) is 0.641. The summed E-state index contributed by atoms with van der Waals surface area (Å²) in [5, 5.41) is 13.1. The van der Waals surface area contributed by atoms with E-state index in [1.54, 1.807) is 6.92 Å². The molecule has 1 aliphatic rings. The van der Waals surface area contributed by atoms with Crippen LogP contribution < -0.4 is 5.32 Å². The van der Waals surface area contributed by atoms with Gasteiger partial charge in [-0.25, -0.2) is 0 Å². The van der Waals surface area contributed by atoms with Crippen LogP contribution in [0.15, 0.2) is 0 Å². The zero-order chi connectivity index (χ0) is 14.1. The van der Waals surface area contributed by atoms with Gasteiger partial charge in [0.2, 0.25) is 5.91 Å². The molecule has 2 N–H and O–H groups in total. The lowest BCUT2D eigenvalue weighted by molar-refractivity contribution is -0.122. The Hall–Kier alpha value is -0.650. The van der Waals surface area contributed by atoms with Gasteiger partial charge in [0.15, 0.2) is 0 Å². The van der Waals surface area contributed by atoms with Crippen molar-refractivity contribution in [2.45, 2.75) is 45.1 Å². The summed E-state index contributed by atoms with van der Waals surface area (Å²) in [5.74, 6) is 0.0377. The number of amides is 1. The number of morpholine rings is 1. The summed E-state index contributed by atoms with van der Waals surface area (Å²) in [6, 6.07) is 0. The molecule has 0 saturated carbocycles. The molecule has 0 radical (unpaired) electrons. The van der Waals surface area contributed by atoms with Gasteiger partial charge in [0, 0.05) is 32.6 Å². The van der Waals surface area contributed by atoms with Gasteiger partial charge < -0.3 is 15.2 Å². The highest BCUT2D eigenvalue weighted by Crippen LogP contribution is 2.08. The second-order valence-electron chi connectivity index (χ2n) is 5.62.